The number of ether oxygens (including phenoxy) is 1. The summed E-state index contributed by atoms with van der Waals surface area (Å²) in [6.45, 7) is 0. The van der Waals surface area contributed by atoms with Crippen LogP contribution >= 0.6 is 0 Å². The second-order valence-corrected chi connectivity index (χ2v) is 3.89. The van der Waals surface area contributed by atoms with E-state index in [1.807, 2.05) is 18.2 Å². The lowest BCUT2D eigenvalue weighted by Gasteiger charge is -2.12. The van der Waals surface area contributed by atoms with Gasteiger partial charge in [-0.15, -0.1) is 0 Å². The molecule has 0 aliphatic heterocycles. The van der Waals surface area contributed by atoms with Gasteiger partial charge in [0.1, 0.15) is 11.4 Å². The minimum absolute atomic E-state index is 0.295. The van der Waals surface area contributed by atoms with Crippen LogP contribution in [-0.4, -0.2) is 35.9 Å². The highest BCUT2D eigenvalue weighted by Gasteiger charge is 2.16. The largest absolute Gasteiger partial charge is 0.497 e. The number of aromatic amines is 1. The van der Waals surface area contributed by atoms with E-state index in [2.05, 4.69) is 4.98 Å². The number of H-pyrrole nitrogens is 1. The number of fused-ring (bicyclic) bond motifs is 1. The van der Waals surface area contributed by atoms with Crippen molar-refractivity contribution in [1.29, 1.82) is 5.41 Å². The molecule has 0 spiro atoms. The maximum atomic E-state index is 12.0. The first kappa shape index (κ1) is 12.0. The molecule has 0 saturated heterocycles. The predicted octanol–water partition coefficient (Wildman–Crippen LogP) is 1.14. The van der Waals surface area contributed by atoms with Gasteiger partial charge in [0.25, 0.3) is 5.91 Å². The van der Waals surface area contributed by atoms with Gasteiger partial charge in [-0.1, -0.05) is 0 Å². The third-order valence-corrected chi connectivity index (χ3v) is 2.72. The fourth-order valence-electron chi connectivity index (χ4n) is 1.64. The van der Waals surface area contributed by atoms with Gasteiger partial charge >= 0.3 is 0 Å². The SMILES string of the molecule is COc1ccc2[nH]c(C(=O)N(C)C(=N)N)cc2c1. The molecule has 0 aliphatic rings. The third kappa shape index (κ3) is 2.00. The number of carbonyl (C=O) groups is 1. The molecule has 0 unspecified atom stereocenters. The molecular formula is C12H14N4O2. The van der Waals surface area contributed by atoms with E-state index >= 15 is 0 Å². The van der Waals surface area contributed by atoms with Crippen LogP contribution in [0.3, 0.4) is 0 Å². The Labute approximate surface area is 104 Å². The van der Waals surface area contributed by atoms with E-state index in [0.29, 0.717) is 5.69 Å². The standard InChI is InChI=1S/C12H14N4O2/c1-16(12(13)14)11(17)10-6-7-5-8(18-2)3-4-9(7)15-10/h3-6,15H,1-2H3,(H3,13,14). The molecule has 6 heteroatoms. The van der Waals surface area contributed by atoms with Crippen molar-refractivity contribution in [3.05, 3.63) is 30.0 Å². The van der Waals surface area contributed by atoms with Gasteiger partial charge in [0, 0.05) is 18.0 Å². The maximum Gasteiger partial charge on any atom is 0.276 e. The van der Waals surface area contributed by atoms with Crippen LogP contribution < -0.4 is 10.5 Å². The Morgan fingerprint density at radius 3 is 2.78 bits per heavy atom. The number of aromatic nitrogens is 1. The van der Waals surface area contributed by atoms with Gasteiger partial charge in [-0.2, -0.15) is 0 Å². The van der Waals surface area contributed by atoms with Crippen molar-refractivity contribution in [1.82, 2.24) is 9.88 Å². The zero-order valence-electron chi connectivity index (χ0n) is 10.2. The molecule has 0 bridgehead atoms. The summed E-state index contributed by atoms with van der Waals surface area (Å²) in [5, 5.41) is 8.10. The van der Waals surface area contributed by atoms with Gasteiger partial charge < -0.3 is 15.5 Å². The molecule has 18 heavy (non-hydrogen) atoms. The van der Waals surface area contributed by atoms with Crippen molar-refractivity contribution < 1.29 is 9.53 Å². The van der Waals surface area contributed by atoms with E-state index in [0.717, 1.165) is 21.6 Å². The average Bonchev–Trinajstić information content (AvgIpc) is 2.79. The van der Waals surface area contributed by atoms with Gasteiger partial charge in [-0.3, -0.25) is 15.1 Å². The second-order valence-electron chi connectivity index (χ2n) is 3.89. The average molecular weight is 246 g/mol. The number of guanidine groups is 1. The summed E-state index contributed by atoms with van der Waals surface area (Å²) in [5.74, 6) is 0.0781. The molecule has 94 valence electrons. The van der Waals surface area contributed by atoms with Gasteiger partial charge in [0.15, 0.2) is 5.96 Å². The molecule has 0 atom stereocenters. The van der Waals surface area contributed by atoms with E-state index in [1.54, 1.807) is 13.2 Å². The molecule has 2 rings (SSSR count). The lowest BCUT2D eigenvalue weighted by atomic mass is 10.2. The van der Waals surface area contributed by atoms with Crippen molar-refractivity contribution >= 4 is 22.8 Å². The molecule has 0 fully saturated rings. The number of amides is 1. The number of rotatable bonds is 2. The Bertz CT molecular complexity index is 618. The first-order valence-corrected chi connectivity index (χ1v) is 5.31. The highest BCUT2D eigenvalue weighted by molar-refractivity contribution is 6.05. The monoisotopic (exact) mass is 246 g/mol. The fourth-order valence-corrected chi connectivity index (χ4v) is 1.64. The van der Waals surface area contributed by atoms with Gasteiger partial charge in [0.05, 0.1) is 7.11 Å². The highest BCUT2D eigenvalue weighted by atomic mass is 16.5. The number of nitrogens with two attached hydrogens (primary N) is 1. The molecule has 2 aromatic rings. The van der Waals surface area contributed by atoms with Crippen LogP contribution in [0.25, 0.3) is 10.9 Å². The number of benzene rings is 1. The molecule has 0 radical (unpaired) electrons. The quantitative estimate of drug-likeness (QED) is 0.547. The Balaban J connectivity index is 2.41. The summed E-state index contributed by atoms with van der Waals surface area (Å²) in [6, 6.07) is 7.18. The zero-order valence-corrected chi connectivity index (χ0v) is 10.2. The van der Waals surface area contributed by atoms with Crippen molar-refractivity contribution in [2.45, 2.75) is 0 Å². The number of nitrogens with zero attached hydrogens (tertiary/aromatic N) is 1. The lowest BCUT2D eigenvalue weighted by molar-refractivity contribution is 0.0864. The number of nitrogens with one attached hydrogen (secondary N) is 2. The summed E-state index contributed by atoms with van der Waals surface area (Å²) in [7, 11) is 3.04. The number of carbonyl (C=O) groups excluding carboxylic acids is 1. The molecule has 1 aromatic heterocycles. The highest BCUT2D eigenvalue weighted by Crippen LogP contribution is 2.21. The molecule has 0 aliphatic carbocycles. The minimum atomic E-state index is -0.349. The summed E-state index contributed by atoms with van der Waals surface area (Å²) >= 11 is 0. The third-order valence-electron chi connectivity index (χ3n) is 2.72. The molecule has 1 aromatic carbocycles. The first-order valence-electron chi connectivity index (χ1n) is 5.31. The summed E-state index contributed by atoms with van der Waals surface area (Å²) in [5.41, 5.74) is 6.48. The van der Waals surface area contributed by atoms with Gasteiger partial charge in [-0.05, 0) is 24.3 Å². The maximum absolute atomic E-state index is 12.0. The Morgan fingerprint density at radius 2 is 2.17 bits per heavy atom. The summed E-state index contributed by atoms with van der Waals surface area (Å²) in [6.07, 6.45) is 0. The Kier molecular flexibility index (Phi) is 2.93. The second kappa shape index (κ2) is 4.40. The van der Waals surface area contributed by atoms with Crippen molar-refractivity contribution in [3.8, 4) is 5.75 Å². The van der Waals surface area contributed by atoms with Crippen molar-refractivity contribution in [3.63, 3.8) is 0 Å². The summed E-state index contributed by atoms with van der Waals surface area (Å²) < 4.78 is 5.11. The number of hydrogen-bond acceptors (Lipinski definition) is 3. The number of methoxy groups -OCH3 is 1. The smallest absolute Gasteiger partial charge is 0.276 e. The van der Waals surface area contributed by atoms with E-state index in [9.17, 15) is 4.79 Å². The fraction of sp³-hybridized carbons (Fsp3) is 0.167. The van der Waals surface area contributed by atoms with E-state index in [-0.39, 0.29) is 11.9 Å². The Hall–Kier alpha value is -2.50. The zero-order chi connectivity index (χ0) is 13.3. The topological polar surface area (TPSA) is 95.2 Å². The van der Waals surface area contributed by atoms with E-state index in [1.165, 1.54) is 7.05 Å². The minimum Gasteiger partial charge on any atom is -0.497 e. The summed E-state index contributed by atoms with van der Waals surface area (Å²) in [4.78, 5) is 16.0. The van der Waals surface area contributed by atoms with Crippen LogP contribution in [0.4, 0.5) is 0 Å². The van der Waals surface area contributed by atoms with Crippen LogP contribution in [-0.2, 0) is 0 Å². The van der Waals surface area contributed by atoms with Gasteiger partial charge in [-0.25, -0.2) is 0 Å². The Morgan fingerprint density at radius 1 is 1.44 bits per heavy atom. The molecule has 6 nitrogen and oxygen atoms in total. The van der Waals surface area contributed by atoms with E-state index in [4.69, 9.17) is 15.9 Å². The normalized spacial score (nSPS) is 10.3. The number of hydrogen-bond donors (Lipinski definition) is 3. The molecule has 1 heterocycles. The first-order chi connectivity index (χ1) is 8.52. The molecule has 4 N–H and O–H groups in total. The van der Waals surface area contributed by atoms with Crippen LogP contribution in [0, 0.1) is 5.41 Å². The van der Waals surface area contributed by atoms with Crippen LogP contribution in [0.15, 0.2) is 24.3 Å². The van der Waals surface area contributed by atoms with Crippen molar-refractivity contribution in [2.75, 3.05) is 14.2 Å². The molecule has 0 saturated carbocycles. The molecular weight excluding hydrogens is 232 g/mol. The predicted molar refractivity (Wildman–Crippen MR) is 68.9 cm³/mol. The van der Waals surface area contributed by atoms with Crippen molar-refractivity contribution in [2.24, 2.45) is 5.73 Å². The van der Waals surface area contributed by atoms with E-state index < -0.39 is 0 Å². The van der Waals surface area contributed by atoms with Crippen LogP contribution in [0.5, 0.6) is 5.75 Å². The lowest BCUT2D eigenvalue weighted by Crippen LogP contribution is -2.38. The van der Waals surface area contributed by atoms with Gasteiger partial charge in [0.2, 0.25) is 0 Å². The molecule has 1 amide bonds. The van der Waals surface area contributed by atoms with Crippen LogP contribution in [0.1, 0.15) is 10.5 Å². The van der Waals surface area contributed by atoms with Crippen LogP contribution in [0.2, 0.25) is 0 Å².